The molecule has 0 radical (unpaired) electrons. The molecule has 0 unspecified atom stereocenters. The molecule has 1 saturated heterocycles. The van der Waals surface area contributed by atoms with Crippen molar-refractivity contribution in [3.8, 4) is 0 Å². The molecule has 1 fully saturated rings. The summed E-state index contributed by atoms with van der Waals surface area (Å²) in [6, 6.07) is 3.11. The third kappa shape index (κ3) is 2.83. The van der Waals surface area contributed by atoms with E-state index in [4.69, 9.17) is 5.84 Å². The van der Waals surface area contributed by atoms with E-state index < -0.39 is 10.0 Å². The van der Waals surface area contributed by atoms with E-state index in [1.165, 1.54) is 16.6 Å². The molecular weight excluding hydrogens is 270 g/mol. The summed E-state index contributed by atoms with van der Waals surface area (Å²) < 4.78 is 26.1. The van der Waals surface area contributed by atoms with E-state index in [9.17, 15) is 13.2 Å². The normalized spacial score (nSPS) is 17.6. The fourth-order valence-electron chi connectivity index (χ4n) is 1.82. The summed E-state index contributed by atoms with van der Waals surface area (Å²) >= 11 is 0. The number of carbonyl (C=O) groups excluding carboxylic acids is 1. The molecule has 104 valence electrons. The van der Waals surface area contributed by atoms with Crippen molar-refractivity contribution in [1.29, 1.82) is 0 Å². The molecule has 2 heterocycles. The molecule has 0 spiro atoms. The van der Waals surface area contributed by atoms with Crippen molar-refractivity contribution in [1.82, 2.24) is 14.6 Å². The van der Waals surface area contributed by atoms with Gasteiger partial charge in [0.1, 0.15) is 0 Å². The molecule has 1 aliphatic heterocycles. The lowest BCUT2D eigenvalue weighted by Crippen LogP contribution is -2.35. The van der Waals surface area contributed by atoms with Crippen LogP contribution in [-0.2, 0) is 14.8 Å². The third-order valence-corrected chi connectivity index (χ3v) is 4.64. The molecule has 19 heavy (non-hydrogen) atoms. The van der Waals surface area contributed by atoms with E-state index in [0.29, 0.717) is 0 Å². The van der Waals surface area contributed by atoms with Crippen molar-refractivity contribution >= 4 is 21.6 Å². The van der Waals surface area contributed by atoms with Crippen LogP contribution in [-0.4, -0.2) is 43.2 Å². The van der Waals surface area contributed by atoms with Crippen LogP contribution >= 0.6 is 0 Å². The molecule has 0 saturated carbocycles. The van der Waals surface area contributed by atoms with Gasteiger partial charge in [0.05, 0.1) is 5.69 Å². The van der Waals surface area contributed by atoms with Crippen LogP contribution in [0.15, 0.2) is 23.4 Å². The van der Waals surface area contributed by atoms with E-state index in [0.717, 1.165) is 0 Å². The van der Waals surface area contributed by atoms with E-state index in [2.05, 4.69) is 15.7 Å². The average molecular weight is 285 g/mol. The zero-order valence-electron chi connectivity index (χ0n) is 10.2. The highest BCUT2D eigenvalue weighted by atomic mass is 32.2. The number of carbonyl (C=O) groups is 1. The zero-order chi connectivity index (χ0) is 13.9. The number of amides is 1. The second kappa shape index (κ2) is 5.51. The van der Waals surface area contributed by atoms with Gasteiger partial charge in [0.15, 0.2) is 5.03 Å². The Labute approximate surface area is 111 Å². The van der Waals surface area contributed by atoms with Crippen LogP contribution in [0.5, 0.6) is 0 Å². The maximum absolute atomic E-state index is 12.5. The highest BCUT2D eigenvalue weighted by Gasteiger charge is 2.29. The van der Waals surface area contributed by atoms with Crippen LogP contribution in [0.3, 0.4) is 0 Å². The Bertz CT molecular complexity index is 574. The fraction of sp³-hybridized carbons (Fsp3) is 0.400. The van der Waals surface area contributed by atoms with E-state index in [-0.39, 0.29) is 42.7 Å². The SMILES string of the molecule is NNc1cccnc1S(=O)(=O)N1CCNC(=O)CC1. The van der Waals surface area contributed by atoms with Gasteiger partial charge in [0.2, 0.25) is 5.91 Å². The van der Waals surface area contributed by atoms with E-state index in [1.807, 2.05) is 0 Å². The fourth-order valence-corrected chi connectivity index (χ4v) is 3.32. The Morgan fingerprint density at radius 3 is 2.95 bits per heavy atom. The molecule has 0 atom stereocenters. The number of pyridine rings is 1. The number of anilines is 1. The standard InChI is InChI=1S/C10H15N5O3S/c11-14-8-2-1-4-13-10(8)19(17,18)15-6-3-9(16)12-5-7-15/h1-2,4,14H,3,5-7,11H2,(H,12,16). The first-order valence-corrected chi connectivity index (χ1v) is 7.18. The molecule has 1 aromatic rings. The van der Waals surface area contributed by atoms with Crippen LogP contribution in [0.25, 0.3) is 0 Å². The molecule has 1 amide bonds. The molecule has 8 nitrogen and oxygen atoms in total. The molecule has 0 aromatic carbocycles. The van der Waals surface area contributed by atoms with Crippen LogP contribution in [0.4, 0.5) is 5.69 Å². The Morgan fingerprint density at radius 1 is 1.42 bits per heavy atom. The van der Waals surface area contributed by atoms with Crippen LogP contribution in [0.1, 0.15) is 6.42 Å². The molecule has 4 N–H and O–H groups in total. The van der Waals surface area contributed by atoms with Gasteiger partial charge in [0.25, 0.3) is 10.0 Å². The van der Waals surface area contributed by atoms with Crippen LogP contribution < -0.4 is 16.6 Å². The molecule has 0 bridgehead atoms. The molecule has 2 rings (SSSR count). The number of nitrogen functional groups attached to an aromatic ring is 1. The number of sulfonamides is 1. The van der Waals surface area contributed by atoms with Gasteiger partial charge in [-0.2, -0.15) is 4.31 Å². The predicted octanol–water partition coefficient (Wildman–Crippen LogP) is -1.12. The first-order chi connectivity index (χ1) is 9.05. The second-order valence-electron chi connectivity index (χ2n) is 4.00. The van der Waals surface area contributed by atoms with Crippen molar-refractivity contribution in [2.24, 2.45) is 5.84 Å². The summed E-state index contributed by atoms with van der Waals surface area (Å²) in [5.74, 6) is 5.13. The number of hydrogen-bond donors (Lipinski definition) is 3. The summed E-state index contributed by atoms with van der Waals surface area (Å²) in [5.41, 5.74) is 2.54. The topological polar surface area (TPSA) is 117 Å². The van der Waals surface area contributed by atoms with Gasteiger partial charge in [-0.15, -0.1) is 0 Å². The lowest BCUT2D eigenvalue weighted by atomic mass is 10.4. The van der Waals surface area contributed by atoms with Gasteiger partial charge in [-0.1, -0.05) is 0 Å². The number of hydrazine groups is 1. The van der Waals surface area contributed by atoms with E-state index >= 15 is 0 Å². The molecule has 1 aromatic heterocycles. The lowest BCUT2D eigenvalue weighted by Gasteiger charge is -2.19. The van der Waals surface area contributed by atoms with Crippen LogP contribution in [0, 0.1) is 0 Å². The lowest BCUT2D eigenvalue weighted by molar-refractivity contribution is -0.120. The molecule has 0 aliphatic carbocycles. The number of nitrogens with one attached hydrogen (secondary N) is 2. The maximum Gasteiger partial charge on any atom is 0.262 e. The average Bonchev–Trinajstić information content (AvgIpc) is 2.64. The van der Waals surface area contributed by atoms with Gasteiger partial charge in [-0.05, 0) is 12.1 Å². The highest BCUT2D eigenvalue weighted by molar-refractivity contribution is 7.89. The van der Waals surface area contributed by atoms with Crippen molar-refractivity contribution < 1.29 is 13.2 Å². The minimum absolute atomic E-state index is 0.133. The van der Waals surface area contributed by atoms with E-state index in [1.54, 1.807) is 6.07 Å². The van der Waals surface area contributed by atoms with Crippen molar-refractivity contribution in [2.45, 2.75) is 11.4 Å². The molecule has 1 aliphatic rings. The number of nitrogens with zero attached hydrogens (tertiary/aromatic N) is 2. The summed E-state index contributed by atoms with van der Waals surface area (Å²) in [6.07, 6.45) is 1.52. The number of rotatable bonds is 3. The summed E-state index contributed by atoms with van der Waals surface area (Å²) in [6.45, 7) is 0.639. The monoisotopic (exact) mass is 285 g/mol. The highest BCUT2D eigenvalue weighted by Crippen LogP contribution is 2.21. The summed E-state index contributed by atoms with van der Waals surface area (Å²) in [4.78, 5) is 15.1. The number of hydrogen-bond acceptors (Lipinski definition) is 6. The summed E-state index contributed by atoms with van der Waals surface area (Å²) in [7, 11) is -3.76. The third-order valence-electron chi connectivity index (χ3n) is 2.78. The number of nitrogens with two attached hydrogens (primary N) is 1. The maximum atomic E-state index is 12.5. The van der Waals surface area contributed by atoms with Crippen molar-refractivity contribution in [2.75, 3.05) is 25.1 Å². The van der Waals surface area contributed by atoms with Gasteiger partial charge in [0, 0.05) is 32.3 Å². The van der Waals surface area contributed by atoms with Gasteiger partial charge in [-0.25, -0.2) is 13.4 Å². The first kappa shape index (κ1) is 13.7. The molecular formula is C10H15N5O3S. The quantitative estimate of drug-likeness (QED) is 0.478. The van der Waals surface area contributed by atoms with Crippen molar-refractivity contribution in [3.05, 3.63) is 18.3 Å². The van der Waals surface area contributed by atoms with Gasteiger partial charge < -0.3 is 10.7 Å². The smallest absolute Gasteiger partial charge is 0.262 e. The second-order valence-corrected chi connectivity index (χ2v) is 5.86. The predicted molar refractivity (Wildman–Crippen MR) is 68.4 cm³/mol. The first-order valence-electron chi connectivity index (χ1n) is 5.74. The summed E-state index contributed by atoms with van der Waals surface area (Å²) in [5, 5.41) is 2.49. The zero-order valence-corrected chi connectivity index (χ0v) is 11.0. The van der Waals surface area contributed by atoms with Crippen LogP contribution in [0.2, 0.25) is 0 Å². The van der Waals surface area contributed by atoms with Gasteiger partial charge >= 0.3 is 0 Å². The minimum Gasteiger partial charge on any atom is -0.355 e. The largest absolute Gasteiger partial charge is 0.355 e. The van der Waals surface area contributed by atoms with Gasteiger partial charge in [-0.3, -0.25) is 10.6 Å². The number of aromatic nitrogens is 1. The Kier molecular flexibility index (Phi) is 3.98. The van der Waals surface area contributed by atoms with Crippen molar-refractivity contribution in [3.63, 3.8) is 0 Å². The minimum atomic E-state index is -3.76. The Morgan fingerprint density at radius 2 is 2.21 bits per heavy atom. The Balaban J connectivity index is 2.33. The molecule has 9 heteroatoms. The Hall–Kier alpha value is -1.71.